The maximum atomic E-state index is 11.4. The van der Waals surface area contributed by atoms with Gasteiger partial charge >= 0.3 is 5.97 Å². The van der Waals surface area contributed by atoms with E-state index in [0.717, 1.165) is 5.69 Å². The van der Waals surface area contributed by atoms with Gasteiger partial charge in [-0.05, 0) is 31.2 Å². The van der Waals surface area contributed by atoms with Crippen LogP contribution >= 0.6 is 11.8 Å². The largest absolute Gasteiger partial charge is 0.464 e. The highest BCUT2D eigenvalue weighted by Crippen LogP contribution is 2.30. The molecule has 0 radical (unpaired) electrons. The van der Waals surface area contributed by atoms with Crippen molar-refractivity contribution in [3.63, 3.8) is 0 Å². The van der Waals surface area contributed by atoms with Crippen LogP contribution < -0.4 is 5.32 Å². The first-order valence-electron chi connectivity index (χ1n) is 6.08. The second kappa shape index (κ2) is 6.09. The van der Waals surface area contributed by atoms with E-state index in [4.69, 9.17) is 0 Å². The van der Waals surface area contributed by atoms with E-state index in [9.17, 15) is 4.79 Å². The highest BCUT2D eigenvalue weighted by Gasteiger charge is 2.26. The maximum absolute atomic E-state index is 11.4. The number of esters is 1. The zero-order valence-electron chi connectivity index (χ0n) is 10.7. The summed E-state index contributed by atoms with van der Waals surface area (Å²) in [6.07, 6.45) is 7.49. The number of thioether (sulfide) groups is 1. The number of anilines is 1. The molecule has 1 fully saturated rings. The standard InChI is InChI=1S/C13H18N2O2S/c1-17-13(16)11-8-9(6-7-14-11)15-10-4-3-5-12(10)18-2/h6-8,10,12H,3-5H2,1-2H3,(H,14,15). The Hall–Kier alpha value is -1.23. The van der Waals surface area contributed by atoms with Gasteiger partial charge in [-0.1, -0.05) is 6.42 Å². The Morgan fingerprint density at radius 3 is 3.11 bits per heavy atom. The Morgan fingerprint density at radius 2 is 2.39 bits per heavy atom. The summed E-state index contributed by atoms with van der Waals surface area (Å²) in [4.78, 5) is 15.4. The number of hydrogen-bond acceptors (Lipinski definition) is 5. The second-order valence-electron chi connectivity index (χ2n) is 4.38. The highest BCUT2D eigenvalue weighted by molar-refractivity contribution is 7.99. The van der Waals surface area contributed by atoms with Gasteiger partial charge in [0.1, 0.15) is 5.69 Å². The van der Waals surface area contributed by atoms with Crippen molar-refractivity contribution in [2.24, 2.45) is 0 Å². The number of carbonyl (C=O) groups is 1. The topological polar surface area (TPSA) is 51.2 Å². The number of methoxy groups -OCH3 is 1. The van der Waals surface area contributed by atoms with Gasteiger partial charge in [-0.15, -0.1) is 0 Å². The molecule has 18 heavy (non-hydrogen) atoms. The molecule has 98 valence electrons. The van der Waals surface area contributed by atoms with Gasteiger partial charge < -0.3 is 10.1 Å². The van der Waals surface area contributed by atoms with Crippen LogP contribution in [0.25, 0.3) is 0 Å². The summed E-state index contributed by atoms with van der Waals surface area (Å²) in [5, 5.41) is 4.15. The predicted octanol–water partition coefficient (Wildman–Crippen LogP) is 2.56. The predicted molar refractivity (Wildman–Crippen MR) is 74.1 cm³/mol. The highest BCUT2D eigenvalue weighted by atomic mass is 32.2. The SMILES string of the molecule is COC(=O)c1cc(NC2CCCC2SC)ccn1. The summed E-state index contributed by atoms with van der Waals surface area (Å²) in [6, 6.07) is 4.12. The molecule has 2 rings (SSSR count). The molecule has 1 aromatic heterocycles. The third kappa shape index (κ3) is 2.96. The Kier molecular flexibility index (Phi) is 4.47. The molecule has 4 nitrogen and oxygen atoms in total. The average Bonchev–Trinajstić information content (AvgIpc) is 2.85. The van der Waals surface area contributed by atoms with Crippen molar-refractivity contribution in [1.29, 1.82) is 0 Å². The van der Waals surface area contributed by atoms with Crippen LogP contribution in [0.5, 0.6) is 0 Å². The van der Waals surface area contributed by atoms with E-state index in [-0.39, 0.29) is 0 Å². The quantitative estimate of drug-likeness (QED) is 0.849. The molecule has 5 heteroatoms. The molecule has 1 saturated carbocycles. The molecule has 2 atom stereocenters. The van der Waals surface area contributed by atoms with Crippen LogP contribution in [-0.4, -0.2) is 35.6 Å². The lowest BCUT2D eigenvalue weighted by molar-refractivity contribution is 0.0594. The number of nitrogens with zero attached hydrogens (tertiary/aromatic N) is 1. The van der Waals surface area contributed by atoms with E-state index in [1.165, 1.54) is 26.4 Å². The maximum Gasteiger partial charge on any atom is 0.356 e. The molecule has 1 heterocycles. The number of aromatic nitrogens is 1. The average molecular weight is 266 g/mol. The van der Waals surface area contributed by atoms with Crippen molar-refractivity contribution in [3.8, 4) is 0 Å². The number of pyridine rings is 1. The number of nitrogens with one attached hydrogen (secondary N) is 1. The molecule has 0 aromatic carbocycles. The zero-order valence-corrected chi connectivity index (χ0v) is 11.5. The molecular formula is C13H18N2O2S. The fourth-order valence-electron chi connectivity index (χ4n) is 2.32. The van der Waals surface area contributed by atoms with Crippen LogP contribution in [-0.2, 0) is 4.74 Å². The van der Waals surface area contributed by atoms with Crippen LogP contribution in [0.3, 0.4) is 0 Å². The van der Waals surface area contributed by atoms with Gasteiger partial charge in [-0.25, -0.2) is 9.78 Å². The Balaban J connectivity index is 2.07. The molecule has 2 unspecified atom stereocenters. The van der Waals surface area contributed by atoms with E-state index in [0.29, 0.717) is 17.0 Å². The first-order chi connectivity index (χ1) is 8.74. The summed E-state index contributed by atoms with van der Waals surface area (Å²) in [6.45, 7) is 0. The number of carbonyl (C=O) groups excluding carboxylic acids is 1. The van der Waals surface area contributed by atoms with Gasteiger partial charge in [0, 0.05) is 23.2 Å². The lowest BCUT2D eigenvalue weighted by atomic mass is 10.2. The van der Waals surface area contributed by atoms with Gasteiger partial charge in [-0.3, -0.25) is 0 Å². The molecule has 0 bridgehead atoms. The van der Waals surface area contributed by atoms with Crippen LogP contribution in [0, 0.1) is 0 Å². The zero-order chi connectivity index (χ0) is 13.0. The monoisotopic (exact) mass is 266 g/mol. The molecule has 1 aliphatic rings. The number of ether oxygens (including phenoxy) is 1. The van der Waals surface area contributed by atoms with Crippen molar-refractivity contribution in [1.82, 2.24) is 4.98 Å². The summed E-state index contributed by atoms with van der Waals surface area (Å²) in [5.74, 6) is -0.397. The first kappa shape index (κ1) is 13.2. The van der Waals surface area contributed by atoms with Crippen molar-refractivity contribution in [3.05, 3.63) is 24.0 Å². The van der Waals surface area contributed by atoms with Gasteiger partial charge in [0.15, 0.2) is 0 Å². The molecule has 1 aliphatic carbocycles. The third-order valence-electron chi connectivity index (χ3n) is 3.26. The molecular weight excluding hydrogens is 248 g/mol. The van der Waals surface area contributed by atoms with E-state index >= 15 is 0 Å². The van der Waals surface area contributed by atoms with Gasteiger partial charge in [0.25, 0.3) is 0 Å². The van der Waals surface area contributed by atoms with Crippen LogP contribution in [0.2, 0.25) is 0 Å². The van der Waals surface area contributed by atoms with Crippen molar-refractivity contribution in [2.75, 3.05) is 18.7 Å². The van der Waals surface area contributed by atoms with Gasteiger partial charge in [0.2, 0.25) is 0 Å². The second-order valence-corrected chi connectivity index (χ2v) is 5.45. The van der Waals surface area contributed by atoms with E-state index in [1.54, 1.807) is 12.3 Å². The molecule has 0 saturated heterocycles. The molecule has 0 spiro atoms. The minimum atomic E-state index is -0.397. The lowest BCUT2D eigenvalue weighted by Crippen LogP contribution is -2.25. The van der Waals surface area contributed by atoms with Crippen LogP contribution in [0.15, 0.2) is 18.3 Å². The summed E-state index contributed by atoms with van der Waals surface area (Å²) in [7, 11) is 1.37. The van der Waals surface area contributed by atoms with Crippen molar-refractivity contribution < 1.29 is 9.53 Å². The fraction of sp³-hybridized carbons (Fsp3) is 0.538. The van der Waals surface area contributed by atoms with Gasteiger partial charge in [0.05, 0.1) is 7.11 Å². The molecule has 1 aromatic rings. The van der Waals surface area contributed by atoms with E-state index in [2.05, 4.69) is 21.3 Å². The van der Waals surface area contributed by atoms with E-state index < -0.39 is 5.97 Å². The summed E-state index contributed by atoms with van der Waals surface area (Å²) in [5.41, 5.74) is 1.29. The fourth-order valence-corrected chi connectivity index (χ4v) is 3.26. The minimum absolute atomic E-state index is 0.348. The Labute approximate surface area is 112 Å². The first-order valence-corrected chi connectivity index (χ1v) is 7.37. The van der Waals surface area contributed by atoms with Gasteiger partial charge in [-0.2, -0.15) is 11.8 Å². The number of rotatable bonds is 4. The minimum Gasteiger partial charge on any atom is -0.464 e. The molecule has 0 amide bonds. The van der Waals surface area contributed by atoms with E-state index in [1.807, 2.05) is 17.8 Å². The smallest absolute Gasteiger partial charge is 0.356 e. The third-order valence-corrected chi connectivity index (χ3v) is 4.43. The molecule has 0 aliphatic heterocycles. The van der Waals surface area contributed by atoms with Crippen molar-refractivity contribution in [2.45, 2.75) is 30.6 Å². The molecule has 1 N–H and O–H groups in total. The lowest BCUT2D eigenvalue weighted by Gasteiger charge is -2.20. The number of hydrogen-bond donors (Lipinski definition) is 1. The summed E-state index contributed by atoms with van der Waals surface area (Å²) >= 11 is 1.91. The van der Waals surface area contributed by atoms with Crippen LogP contribution in [0.1, 0.15) is 29.8 Å². The van der Waals surface area contributed by atoms with Crippen molar-refractivity contribution >= 4 is 23.4 Å². The Morgan fingerprint density at radius 1 is 1.56 bits per heavy atom. The van der Waals surface area contributed by atoms with Crippen LogP contribution in [0.4, 0.5) is 5.69 Å². The Bertz CT molecular complexity index is 425. The summed E-state index contributed by atoms with van der Waals surface area (Å²) < 4.78 is 4.67. The normalized spacial score (nSPS) is 22.8.